The molecule has 5 nitrogen and oxygen atoms in total. The van der Waals surface area contributed by atoms with E-state index in [-0.39, 0.29) is 22.7 Å². The molecule has 2 aromatic rings. The third-order valence-corrected chi connectivity index (χ3v) is 4.20. The average molecular weight is 354 g/mol. The second-order valence-electron chi connectivity index (χ2n) is 5.17. The van der Waals surface area contributed by atoms with Gasteiger partial charge in [0.05, 0.1) is 15.6 Å². The summed E-state index contributed by atoms with van der Waals surface area (Å²) in [5.74, 6) is -0.352. The molecule has 0 radical (unpaired) electrons. The van der Waals surface area contributed by atoms with Crippen LogP contribution in [0.3, 0.4) is 0 Å². The minimum absolute atomic E-state index is 0.0445. The fourth-order valence-electron chi connectivity index (χ4n) is 2.13. The van der Waals surface area contributed by atoms with Crippen LogP contribution < -0.4 is 16.6 Å². The number of rotatable bonds is 5. The molecule has 0 saturated carbocycles. The number of nitrogens with zero attached hydrogens (tertiary/aromatic N) is 1. The first-order valence-corrected chi connectivity index (χ1v) is 7.83. The Balaban J connectivity index is 1.89. The number of nitrogens with one attached hydrogen (secondary N) is 1. The maximum atomic E-state index is 12.1. The number of anilines is 1. The van der Waals surface area contributed by atoms with Crippen molar-refractivity contribution in [3.05, 3.63) is 62.0 Å². The molecule has 23 heavy (non-hydrogen) atoms. The van der Waals surface area contributed by atoms with Crippen LogP contribution in [0.4, 0.5) is 5.69 Å². The Labute approximate surface area is 144 Å². The van der Waals surface area contributed by atoms with E-state index in [2.05, 4.69) is 5.32 Å². The number of aromatic nitrogens is 1. The molecule has 0 bridgehead atoms. The minimum Gasteiger partial charge on any atom is -0.394 e. The van der Waals surface area contributed by atoms with Gasteiger partial charge in [0, 0.05) is 19.8 Å². The molecule has 0 aliphatic heterocycles. The van der Waals surface area contributed by atoms with Gasteiger partial charge in [0.1, 0.15) is 5.69 Å². The summed E-state index contributed by atoms with van der Waals surface area (Å²) < 4.78 is 1.33. The lowest BCUT2D eigenvalue weighted by Gasteiger charge is -2.08. The highest BCUT2D eigenvalue weighted by molar-refractivity contribution is 6.42. The quantitative estimate of drug-likeness (QED) is 0.811. The third-order valence-electron chi connectivity index (χ3n) is 3.46. The van der Waals surface area contributed by atoms with E-state index in [9.17, 15) is 9.59 Å². The standard InChI is InChI=1S/C16H17Cl2N3O2/c1-21-8-6-11(14(19)16(21)23)15(22)20-7-2-3-10-4-5-12(17)13(18)9-10/h4-6,8-9H,2-3,7,19H2,1H3,(H,20,22). The van der Waals surface area contributed by atoms with Crippen LogP contribution in [0.2, 0.25) is 10.0 Å². The predicted octanol–water partition coefficient (Wildman–Crippen LogP) is 2.64. The highest BCUT2D eigenvalue weighted by Crippen LogP contribution is 2.23. The van der Waals surface area contributed by atoms with Crippen molar-refractivity contribution in [2.75, 3.05) is 12.3 Å². The van der Waals surface area contributed by atoms with Crippen molar-refractivity contribution in [3.63, 3.8) is 0 Å². The molecule has 0 saturated heterocycles. The summed E-state index contributed by atoms with van der Waals surface area (Å²) in [6.07, 6.45) is 3.00. The molecule has 1 amide bonds. The Morgan fingerprint density at radius 1 is 1.26 bits per heavy atom. The molecule has 0 aliphatic carbocycles. The SMILES string of the molecule is Cn1ccc(C(=O)NCCCc2ccc(Cl)c(Cl)c2)c(N)c1=O. The fraction of sp³-hybridized carbons (Fsp3) is 0.250. The van der Waals surface area contributed by atoms with Crippen molar-refractivity contribution in [3.8, 4) is 0 Å². The third kappa shape index (κ3) is 4.27. The first-order valence-electron chi connectivity index (χ1n) is 7.07. The zero-order valence-corrected chi connectivity index (χ0v) is 14.1. The minimum atomic E-state index is -0.381. The second kappa shape index (κ2) is 7.53. The van der Waals surface area contributed by atoms with E-state index >= 15 is 0 Å². The molecule has 1 aromatic heterocycles. The van der Waals surface area contributed by atoms with Gasteiger partial charge < -0.3 is 15.6 Å². The van der Waals surface area contributed by atoms with Crippen molar-refractivity contribution < 1.29 is 4.79 Å². The molecule has 3 N–H and O–H groups in total. The molecule has 0 atom stereocenters. The van der Waals surface area contributed by atoms with Crippen molar-refractivity contribution in [1.29, 1.82) is 0 Å². The van der Waals surface area contributed by atoms with E-state index in [0.29, 0.717) is 16.6 Å². The summed E-state index contributed by atoms with van der Waals surface area (Å²) >= 11 is 11.8. The van der Waals surface area contributed by atoms with Gasteiger partial charge in [0.2, 0.25) is 0 Å². The normalized spacial score (nSPS) is 10.6. The molecule has 122 valence electrons. The summed E-state index contributed by atoms with van der Waals surface area (Å²) in [5, 5.41) is 3.79. The van der Waals surface area contributed by atoms with Crippen LogP contribution in [0.25, 0.3) is 0 Å². The number of hydrogen-bond donors (Lipinski definition) is 2. The Kier molecular flexibility index (Phi) is 5.69. The second-order valence-corrected chi connectivity index (χ2v) is 5.98. The van der Waals surface area contributed by atoms with E-state index < -0.39 is 0 Å². The van der Waals surface area contributed by atoms with Crippen molar-refractivity contribution in [2.45, 2.75) is 12.8 Å². The number of halogens is 2. The maximum absolute atomic E-state index is 12.1. The number of benzene rings is 1. The van der Waals surface area contributed by atoms with Crippen LogP contribution in [-0.4, -0.2) is 17.0 Å². The Morgan fingerprint density at radius 3 is 2.70 bits per heavy atom. The number of pyridine rings is 1. The summed E-state index contributed by atoms with van der Waals surface area (Å²) in [7, 11) is 1.58. The van der Waals surface area contributed by atoms with Crippen LogP contribution in [0.15, 0.2) is 35.3 Å². The number of nitrogen functional groups attached to an aromatic ring is 1. The smallest absolute Gasteiger partial charge is 0.274 e. The van der Waals surface area contributed by atoms with Gasteiger partial charge in [-0.15, -0.1) is 0 Å². The maximum Gasteiger partial charge on any atom is 0.274 e. The summed E-state index contributed by atoms with van der Waals surface area (Å²) in [4.78, 5) is 23.8. The number of aryl methyl sites for hydroxylation is 2. The van der Waals surface area contributed by atoms with Gasteiger partial charge in [-0.05, 0) is 36.6 Å². The monoisotopic (exact) mass is 353 g/mol. The molecule has 0 fully saturated rings. The molecule has 2 rings (SSSR count). The largest absolute Gasteiger partial charge is 0.394 e. The molecule has 7 heteroatoms. The molecular weight excluding hydrogens is 337 g/mol. The van der Waals surface area contributed by atoms with Gasteiger partial charge in [-0.2, -0.15) is 0 Å². The number of hydrogen-bond acceptors (Lipinski definition) is 3. The molecular formula is C16H17Cl2N3O2. The Hall–Kier alpha value is -1.98. The van der Waals surface area contributed by atoms with Gasteiger partial charge in [-0.25, -0.2) is 0 Å². The summed E-state index contributed by atoms with van der Waals surface area (Å²) in [5.41, 5.74) is 6.50. The number of carbonyl (C=O) groups excluding carboxylic acids is 1. The van der Waals surface area contributed by atoms with Crippen LogP contribution in [0, 0.1) is 0 Å². The molecule has 0 unspecified atom stereocenters. The zero-order chi connectivity index (χ0) is 17.0. The first kappa shape index (κ1) is 17.4. The molecule has 1 aromatic carbocycles. The van der Waals surface area contributed by atoms with Crippen LogP contribution in [0.1, 0.15) is 22.3 Å². The number of nitrogens with two attached hydrogens (primary N) is 1. The van der Waals surface area contributed by atoms with Crippen molar-refractivity contribution in [1.82, 2.24) is 9.88 Å². The van der Waals surface area contributed by atoms with E-state index in [1.807, 2.05) is 12.1 Å². The van der Waals surface area contributed by atoms with E-state index in [4.69, 9.17) is 28.9 Å². The first-order chi connectivity index (χ1) is 10.9. The van der Waals surface area contributed by atoms with Gasteiger partial charge >= 0.3 is 0 Å². The lowest BCUT2D eigenvalue weighted by atomic mass is 10.1. The van der Waals surface area contributed by atoms with E-state index in [1.165, 1.54) is 16.8 Å². The fourth-order valence-corrected chi connectivity index (χ4v) is 2.45. The molecule has 0 aliphatic rings. The Bertz CT molecular complexity index is 787. The van der Waals surface area contributed by atoms with E-state index in [0.717, 1.165) is 18.4 Å². The molecule has 1 heterocycles. The van der Waals surface area contributed by atoms with Crippen LogP contribution in [0.5, 0.6) is 0 Å². The van der Waals surface area contributed by atoms with Crippen LogP contribution in [-0.2, 0) is 13.5 Å². The van der Waals surface area contributed by atoms with Crippen molar-refractivity contribution in [2.24, 2.45) is 7.05 Å². The van der Waals surface area contributed by atoms with Gasteiger partial charge in [-0.3, -0.25) is 9.59 Å². The van der Waals surface area contributed by atoms with Gasteiger partial charge in [0.25, 0.3) is 11.5 Å². The number of carbonyl (C=O) groups is 1. The van der Waals surface area contributed by atoms with Gasteiger partial charge in [-0.1, -0.05) is 29.3 Å². The lowest BCUT2D eigenvalue weighted by molar-refractivity contribution is 0.0954. The van der Waals surface area contributed by atoms with Crippen LogP contribution >= 0.6 is 23.2 Å². The van der Waals surface area contributed by atoms with Gasteiger partial charge in [0.15, 0.2) is 0 Å². The predicted molar refractivity (Wildman–Crippen MR) is 93.2 cm³/mol. The Morgan fingerprint density at radius 2 is 2.00 bits per heavy atom. The topological polar surface area (TPSA) is 77.1 Å². The summed E-state index contributed by atoms with van der Waals surface area (Å²) in [6.45, 7) is 0.466. The molecule has 0 spiro atoms. The zero-order valence-electron chi connectivity index (χ0n) is 12.6. The summed E-state index contributed by atoms with van der Waals surface area (Å²) in [6, 6.07) is 6.99. The highest BCUT2D eigenvalue weighted by atomic mass is 35.5. The average Bonchev–Trinajstić information content (AvgIpc) is 2.52. The number of amides is 1. The van der Waals surface area contributed by atoms with Crippen molar-refractivity contribution >= 4 is 34.8 Å². The van der Waals surface area contributed by atoms with E-state index in [1.54, 1.807) is 13.1 Å². The lowest BCUT2D eigenvalue weighted by Crippen LogP contribution is -2.29. The highest BCUT2D eigenvalue weighted by Gasteiger charge is 2.12.